The third kappa shape index (κ3) is 8.38. The predicted octanol–water partition coefficient (Wildman–Crippen LogP) is 2.94. The molecule has 19 heavy (non-hydrogen) atoms. The molecule has 1 aromatic carbocycles. The lowest BCUT2D eigenvalue weighted by molar-refractivity contribution is -0.121. The molecule has 0 aliphatic carbocycles. The van der Waals surface area contributed by atoms with E-state index >= 15 is 0 Å². The van der Waals surface area contributed by atoms with Crippen LogP contribution in [0.15, 0.2) is 30.3 Å². The molecule has 0 radical (unpaired) electrons. The zero-order valence-corrected chi connectivity index (χ0v) is 11.9. The smallest absolute Gasteiger partial charge is 0.219 e. The summed E-state index contributed by atoms with van der Waals surface area (Å²) < 4.78 is 4.96. The summed E-state index contributed by atoms with van der Waals surface area (Å²) in [5.74, 6) is 0.172. The van der Waals surface area contributed by atoms with Gasteiger partial charge in [-0.2, -0.15) is 0 Å². The molecule has 1 amide bonds. The van der Waals surface area contributed by atoms with Gasteiger partial charge in [0.15, 0.2) is 0 Å². The number of carbonyl (C=O) groups excluding carboxylic acids is 1. The number of hydrogen-bond donors (Lipinski definition) is 1. The number of unbranched alkanes of at least 4 members (excludes halogenated alkanes) is 2. The van der Waals surface area contributed by atoms with Crippen molar-refractivity contribution in [3.05, 3.63) is 35.9 Å². The number of nitrogens with one attached hydrogen (secondary N) is 1. The highest BCUT2D eigenvalue weighted by Gasteiger charge is 2.00. The van der Waals surface area contributed by atoms with Gasteiger partial charge < -0.3 is 10.1 Å². The average Bonchev–Trinajstić information content (AvgIpc) is 2.44. The van der Waals surface area contributed by atoms with Gasteiger partial charge in [-0.15, -0.1) is 0 Å². The molecule has 0 fully saturated rings. The van der Waals surface area contributed by atoms with Gasteiger partial charge in [0.05, 0.1) is 0 Å². The highest BCUT2D eigenvalue weighted by Crippen LogP contribution is 2.06. The van der Waals surface area contributed by atoms with E-state index in [0.717, 1.165) is 45.3 Å². The minimum atomic E-state index is 0.172. The van der Waals surface area contributed by atoms with Crippen LogP contribution in [0.2, 0.25) is 0 Å². The number of methoxy groups -OCH3 is 1. The minimum Gasteiger partial charge on any atom is -0.385 e. The lowest BCUT2D eigenvalue weighted by Gasteiger charge is -2.05. The number of carbonyl (C=O) groups is 1. The number of aryl methyl sites for hydroxylation is 1. The molecule has 0 unspecified atom stereocenters. The molecule has 1 rings (SSSR count). The van der Waals surface area contributed by atoms with Gasteiger partial charge in [0.2, 0.25) is 5.91 Å². The van der Waals surface area contributed by atoms with Gasteiger partial charge in [-0.3, -0.25) is 4.79 Å². The Bertz CT molecular complexity index is 338. The van der Waals surface area contributed by atoms with Gasteiger partial charge in [0, 0.05) is 26.7 Å². The highest BCUT2D eigenvalue weighted by atomic mass is 16.5. The van der Waals surface area contributed by atoms with E-state index in [1.807, 2.05) is 6.07 Å². The Hall–Kier alpha value is -1.35. The third-order valence-corrected chi connectivity index (χ3v) is 3.06. The lowest BCUT2D eigenvalue weighted by atomic mass is 10.1. The second-order valence-corrected chi connectivity index (χ2v) is 4.74. The topological polar surface area (TPSA) is 38.3 Å². The molecular weight excluding hydrogens is 238 g/mol. The second kappa shape index (κ2) is 10.6. The molecule has 0 heterocycles. The Morgan fingerprint density at radius 2 is 1.89 bits per heavy atom. The van der Waals surface area contributed by atoms with Crippen molar-refractivity contribution in [2.45, 2.75) is 38.5 Å². The molecule has 1 aromatic rings. The quantitative estimate of drug-likeness (QED) is 0.659. The number of benzene rings is 1. The first-order chi connectivity index (χ1) is 9.33. The van der Waals surface area contributed by atoms with Crippen LogP contribution in [0.3, 0.4) is 0 Å². The third-order valence-electron chi connectivity index (χ3n) is 3.06. The Labute approximate surface area is 116 Å². The van der Waals surface area contributed by atoms with Crippen molar-refractivity contribution in [3.8, 4) is 0 Å². The van der Waals surface area contributed by atoms with Crippen molar-refractivity contribution in [1.82, 2.24) is 5.32 Å². The van der Waals surface area contributed by atoms with Crippen molar-refractivity contribution in [2.24, 2.45) is 0 Å². The Balaban J connectivity index is 1.95. The van der Waals surface area contributed by atoms with E-state index in [2.05, 4.69) is 29.6 Å². The molecule has 0 spiro atoms. The van der Waals surface area contributed by atoms with Gasteiger partial charge in [-0.05, 0) is 37.7 Å². The Morgan fingerprint density at radius 3 is 2.63 bits per heavy atom. The maximum Gasteiger partial charge on any atom is 0.219 e. The van der Waals surface area contributed by atoms with E-state index in [0.29, 0.717) is 6.42 Å². The molecule has 1 N–H and O–H groups in total. The molecule has 0 saturated carbocycles. The van der Waals surface area contributed by atoms with Crippen molar-refractivity contribution in [3.63, 3.8) is 0 Å². The fourth-order valence-electron chi connectivity index (χ4n) is 1.95. The van der Waals surface area contributed by atoms with Crippen molar-refractivity contribution >= 4 is 5.91 Å². The van der Waals surface area contributed by atoms with Crippen molar-refractivity contribution < 1.29 is 9.53 Å². The van der Waals surface area contributed by atoms with Gasteiger partial charge in [-0.1, -0.05) is 30.3 Å². The molecule has 0 atom stereocenters. The van der Waals surface area contributed by atoms with Gasteiger partial charge in [0.25, 0.3) is 0 Å². The zero-order chi connectivity index (χ0) is 13.8. The van der Waals surface area contributed by atoms with E-state index in [9.17, 15) is 4.79 Å². The summed E-state index contributed by atoms with van der Waals surface area (Å²) in [6.45, 7) is 1.54. The average molecular weight is 263 g/mol. The van der Waals surface area contributed by atoms with Gasteiger partial charge in [-0.25, -0.2) is 0 Å². The molecular formula is C16H25NO2. The van der Waals surface area contributed by atoms with E-state index in [1.165, 1.54) is 5.56 Å². The van der Waals surface area contributed by atoms with Gasteiger partial charge in [0.1, 0.15) is 0 Å². The van der Waals surface area contributed by atoms with E-state index in [-0.39, 0.29) is 5.91 Å². The SMILES string of the molecule is COCCCCNC(=O)CCCCc1ccccc1. The van der Waals surface area contributed by atoms with E-state index in [1.54, 1.807) is 7.11 Å². The maximum atomic E-state index is 11.5. The fourth-order valence-corrected chi connectivity index (χ4v) is 1.95. The van der Waals surface area contributed by atoms with Crippen LogP contribution in [-0.2, 0) is 16.0 Å². The molecule has 0 saturated heterocycles. The molecule has 0 bridgehead atoms. The number of ether oxygens (including phenoxy) is 1. The van der Waals surface area contributed by atoms with Crippen LogP contribution in [0, 0.1) is 0 Å². The standard InChI is InChI=1S/C16H25NO2/c1-19-14-8-7-13-17-16(18)12-6-5-11-15-9-3-2-4-10-15/h2-4,9-10H,5-8,11-14H2,1H3,(H,17,18). The Morgan fingerprint density at radius 1 is 1.11 bits per heavy atom. The summed E-state index contributed by atoms with van der Waals surface area (Å²) in [4.78, 5) is 11.5. The summed E-state index contributed by atoms with van der Waals surface area (Å²) in [6.07, 6.45) is 5.72. The normalized spacial score (nSPS) is 10.4. The fraction of sp³-hybridized carbons (Fsp3) is 0.562. The second-order valence-electron chi connectivity index (χ2n) is 4.74. The predicted molar refractivity (Wildman–Crippen MR) is 78.1 cm³/mol. The highest BCUT2D eigenvalue weighted by molar-refractivity contribution is 5.75. The van der Waals surface area contributed by atoms with Crippen LogP contribution in [0.1, 0.15) is 37.7 Å². The van der Waals surface area contributed by atoms with Crippen LogP contribution < -0.4 is 5.32 Å². The first-order valence-corrected chi connectivity index (χ1v) is 7.12. The van der Waals surface area contributed by atoms with Crippen LogP contribution in [0.25, 0.3) is 0 Å². The molecule has 3 heteroatoms. The molecule has 0 aliphatic heterocycles. The van der Waals surface area contributed by atoms with Crippen LogP contribution in [-0.4, -0.2) is 26.2 Å². The summed E-state index contributed by atoms with van der Waals surface area (Å²) in [6, 6.07) is 10.4. The van der Waals surface area contributed by atoms with Crippen LogP contribution in [0.4, 0.5) is 0 Å². The zero-order valence-electron chi connectivity index (χ0n) is 11.9. The van der Waals surface area contributed by atoms with Crippen LogP contribution in [0.5, 0.6) is 0 Å². The van der Waals surface area contributed by atoms with Crippen molar-refractivity contribution in [2.75, 3.05) is 20.3 Å². The van der Waals surface area contributed by atoms with Crippen molar-refractivity contribution in [1.29, 1.82) is 0 Å². The number of rotatable bonds is 10. The molecule has 0 aromatic heterocycles. The van der Waals surface area contributed by atoms with E-state index < -0.39 is 0 Å². The monoisotopic (exact) mass is 263 g/mol. The first kappa shape index (κ1) is 15.7. The van der Waals surface area contributed by atoms with Crippen LogP contribution >= 0.6 is 0 Å². The summed E-state index contributed by atoms with van der Waals surface area (Å²) in [5.41, 5.74) is 1.35. The van der Waals surface area contributed by atoms with E-state index in [4.69, 9.17) is 4.74 Å². The minimum absolute atomic E-state index is 0.172. The molecule has 0 aliphatic rings. The maximum absolute atomic E-state index is 11.5. The van der Waals surface area contributed by atoms with Gasteiger partial charge >= 0.3 is 0 Å². The molecule has 106 valence electrons. The largest absolute Gasteiger partial charge is 0.385 e. The number of hydrogen-bond acceptors (Lipinski definition) is 2. The first-order valence-electron chi connectivity index (χ1n) is 7.12. The summed E-state index contributed by atoms with van der Waals surface area (Å²) >= 11 is 0. The summed E-state index contributed by atoms with van der Waals surface area (Å²) in [5, 5.41) is 2.95. The lowest BCUT2D eigenvalue weighted by Crippen LogP contribution is -2.24. The molecule has 3 nitrogen and oxygen atoms in total. The summed E-state index contributed by atoms with van der Waals surface area (Å²) in [7, 11) is 1.70. The Kier molecular flexibility index (Phi) is 8.73. The number of amides is 1.